The molecule has 32 heavy (non-hydrogen) atoms. The molecular formula is C28H50N2O2. The Hall–Kier alpha value is -1.13. The molecule has 0 bridgehead atoms. The molecule has 4 heteroatoms. The molecule has 1 aromatic heterocycles. The Kier molecular flexibility index (Phi) is 12.0. The van der Waals surface area contributed by atoms with E-state index in [1.807, 2.05) is 12.3 Å². The summed E-state index contributed by atoms with van der Waals surface area (Å²) in [6, 6.07) is 4.17. The summed E-state index contributed by atoms with van der Waals surface area (Å²) in [4.78, 5) is 4.32. The lowest BCUT2D eigenvalue weighted by atomic mass is 9.68. The summed E-state index contributed by atoms with van der Waals surface area (Å²) in [5.74, 6) is 3.37. The van der Waals surface area contributed by atoms with Crippen molar-refractivity contribution in [3.05, 3.63) is 23.9 Å². The van der Waals surface area contributed by atoms with Crippen LogP contribution in [0.5, 0.6) is 5.88 Å². The van der Waals surface area contributed by atoms with Crippen molar-refractivity contribution >= 4 is 0 Å². The van der Waals surface area contributed by atoms with Crippen molar-refractivity contribution < 1.29 is 9.84 Å². The number of aromatic nitrogens is 1. The highest BCUT2D eigenvalue weighted by molar-refractivity contribution is 5.32. The Balaban J connectivity index is 0.000000231. The SMILES string of the molecule is CCCCCCCCC(CN)[C@](C)(CO)C(C)C.c1cnc(OCC2CC2)c(C2CC2)c1. The van der Waals surface area contributed by atoms with Crippen LogP contribution in [0.1, 0.15) is 110 Å². The van der Waals surface area contributed by atoms with E-state index in [4.69, 9.17) is 10.5 Å². The minimum absolute atomic E-state index is 0.0157. The number of rotatable bonds is 15. The fourth-order valence-corrected chi connectivity index (χ4v) is 4.38. The van der Waals surface area contributed by atoms with Crippen LogP contribution in [0.25, 0.3) is 0 Å². The molecule has 2 aliphatic carbocycles. The summed E-state index contributed by atoms with van der Waals surface area (Å²) in [6.45, 7) is 10.6. The number of hydrogen-bond acceptors (Lipinski definition) is 4. The molecule has 2 aliphatic rings. The van der Waals surface area contributed by atoms with E-state index in [1.165, 1.54) is 69.8 Å². The summed E-state index contributed by atoms with van der Waals surface area (Å²) >= 11 is 0. The molecule has 2 atom stereocenters. The predicted octanol–water partition coefficient (Wildman–Crippen LogP) is 6.71. The number of pyridine rings is 1. The molecule has 0 spiro atoms. The highest BCUT2D eigenvalue weighted by atomic mass is 16.5. The van der Waals surface area contributed by atoms with E-state index in [0.717, 1.165) is 30.7 Å². The quantitative estimate of drug-likeness (QED) is 0.294. The van der Waals surface area contributed by atoms with Gasteiger partial charge in [-0.2, -0.15) is 0 Å². The molecule has 1 heterocycles. The monoisotopic (exact) mass is 446 g/mol. The first kappa shape index (κ1) is 27.1. The molecule has 2 fully saturated rings. The van der Waals surface area contributed by atoms with Gasteiger partial charge in [-0.3, -0.25) is 0 Å². The third-order valence-electron chi connectivity index (χ3n) is 7.75. The first-order chi connectivity index (χ1) is 15.5. The molecule has 2 saturated carbocycles. The molecule has 0 aliphatic heterocycles. The van der Waals surface area contributed by atoms with Crippen molar-refractivity contribution in [2.45, 2.75) is 104 Å². The zero-order chi connectivity index (χ0) is 23.4. The second kappa shape index (κ2) is 14.2. The van der Waals surface area contributed by atoms with Crippen molar-refractivity contribution in [2.24, 2.45) is 28.9 Å². The smallest absolute Gasteiger partial charge is 0.216 e. The third-order valence-corrected chi connectivity index (χ3v) is 7.75. The molecule has 3 N–H and O–H groups in total. The van der Waals surface area contributed by atoms with Gasteiger partial charge in [-0.1, -0.05) is 72.3 Å². The minimum atomic E-state index is -0.0157. The van der Waals surface area contributed by atoms with Gasteiger partial charge in [0.15, 0.2) is 0 Å². The maximum atomic E-state index is 9.67. The number of ether oxygens (including phenoxy) is 1. The number of nitrogens with zero attached hydrogens (tertiary/aromatic N) is 1. The molecule has 0 amide bonds. The van der Waals surface area contributed by atoms with Gasteiger partial charge in [-0.15, -0.1) is 0 Å². The summed E-state index contributed by atoms with van der Waals surface area (Å²) in [7, 11) is 0. The largest absolute Gasteiger partial charge is 0.477 e. The van der Waals surface area contributed by atoms with Crippen LogP contribution >= 0.6 is 0 Å². The second-order valence-electron chi connectivity index (χ2n) is 10.7. The lowest BCUT2D eigenvalue weighted by Crippen LogP contribution is -2.40. The van der Waals surface area contributed by atoms with Gasteiger partial charge in [-0.25, -0.2) is 4.98 Å². The third kappa shape index (κ3) is 9.02. The van der Waals surface area contributed by atoms with E-state index in [1.54, 1.807) is 0 Å². The maximum Gasteiger partial charge on any atom is 0.216 e. The minimum Gasteiger partial charge on any atom is -0.477 e. The Bertz CT molecular complexity index is 628. The van der Waals surface area contributed by atoms with E-state index >= 15 is 0 Å². The standard InChI is InChI=1S/C16H35NO.C12H15NO/c1-5-6-7-8-9-10-11-15(12-17)16(4,13-18)14(2)3;1-2-11(10-5-6-10)12(13-7-1)14-8-9-3-4-9/h14-15,18H,5-13,17H2,1-4H3;1-2,7,9-10H,3-6,8H2/t15?,16-;/m1./s1. The molecule has 0 radical (unpaired) electrons. The highest BCUT2D eigenvalue weighted by Crippen LogP contribution is 2.43. The predicted molar refractivity (Wildman–Crippen MR) is 135 cm³/mol. The number of nitrogens with two attached hydrogens (primary N) is 1. The van der Waals surface area contributed by atoms with Gasteiger partial charge in [0.25, 0.3) is 0 Å². The Labute approximate surface area is 197 Å². The molecule has 1 unspecified atom stereocenters. The average Bonchev–Trinajstić information content (AvgIpc) is 3.71. The number of aliphatic hydroxyl groups excluding tert-OH is 1. The van der Waals surface area contributed by atoms with Crippen LogP contribution in [0, 0.1) is 23.2 Å². The van der Waals surface area contributed by atoms with Crippen LogP contribution in [-0.4, -0.2) is 29.8 Å². The fraction of sp³-hybridized carbons (Fsp3) is 0.821. The van der Waals surface area contributed by atoms with Crippen LogP contribution in [0.3, 0.4) is 0 Å². The lowest BCUT2D eigenvalue weighted by molar-refractivity contribution is 0.0313. The zero-order valence-corrected chi connectivity index (χ0v) is 21.3. The molecule has 0 aromatic carbocycles. The fourth-order valence-electron chi connectivity index (χ4n) is 4.38. The Morgan fingerprint density at radius 3 is 2.38 bits per heavy atom. The van der Waals surface area contributed by atoms with Gasteiger partial charge in [0.2, 0.25) is 5.88 Å². The number of hydrogen-bond donors (Lipinski definition) is 2. The summed E-state index contributed by atoms with van der Waals surface area (Å²) in [6.07, 6.45) is 16.3. The van der Waals surface area contributed by atoms with Gasteiger partial charge < -0.3 is 15.6 Å². The van der Waals surface area contributed by atoms with E-state index in [0.29, 0.717) is 18.4 Å². The topological polar surface area (TPSA) is 68.4 Å². The maximum absolute atomic E-state index is 9.67. The Morgan fingerprint density at radius 2 is 1.81 bits per heavy atom. The zero-order valence-electron chi connectivity index (χ0n) is 21.3. The number of unbranched alkanes of at least 4 members (excludes halogenated alkanes) is 5. The van der Waals surface area contributed by atoms with Gasteiger partial charge in [0, 0.05) is 18.4 Å². The lowest BCUT2D eigenvalue weighted by Gasteiger charge is -2.39. The van der Waals surface area contributed by atoms with Crippen molar-refractivity contribution in [1.29, 1.82) is 0 Å². The molecular weight excluding hydrogens is 396 g/mol. The first-order valence-corrected chi connectivity index (χ1v) is 13.3. The Morgan fingerprint density at radius 1 is 1.12 bits per heavy atom. The van der Waals surface area contributed by atoms with E-state index in [9.17, 15) is 5.11 Å². The van der Waals surface area contributed by atoms with Crippen LogP contribution in [0.4, 0.5) is 0 Å². The van der Waals surface area contributed by atoms with Crippen LogP contribution < -0.4 is 10.5 Å². The first-order valence-electron chi connectivity index (χ1n) is 13.3. The molecule has 0 saturated heterocycles. The molecule has 1 aromatic rings. The molecule has 184 valence electrons. The molecule has 4 nitrogen and oxygen atoms in total. The second-order valence-corrected chi connectivity index (χ2v) is 10.7. The van der Waals surface area contributed by atoms with E-state index in [-0.39, 0.29) is 12.0 Å². The molecule has 3 rings (SSSR count). The van der Waals surface area contributed by atoms with Gasteiger partial charge in [0.05, 0.1) is 6.61 Å². The highest BCUT2D eigenvalue weighted by Gasteiger charge is 2.35. The van der Waals surface area contributed by atoms with Crippen LogP contribution in [0.2, 0.25) is 0 Å². The van der Waals surface area contributed by atoms with Crippen LogP contribution in [0.15, 0.2) is 18.3 Å². The van der Waals surface area contributed by atoms with Crippen LogP contribution in [-0.2, 0) is 0 Å². The number of aliphatic hydroxyl groups is 1. The summed E-state index contributed by atoms with van der Waals surface area (Å²) in [5, 5.41) is 9.67. The van der Waals surface area contributed by atoms with Crippen molar-refractivity contribution in [1.82, 2.24) is 4.98 Å². The van der Waals surface area contributed by atoms with Crippen molar-refractivity contribution in [3.8, 4) is 5.88 Å². The van der Waals surface area contributed by atoms with Crippen molar-refractivity contribution in [2.75, 3.05) is 19.8 Å². The summed E-state index contributed by atoms with van der Waals surface area (Å²) < 4.78 is 5.75. The summed E-state index contributed by atoms with van der Waals surface area (Å²) in [5.41, 5.74) is 7.23. The normalized spacial score (nSPS) is 18.6. The van der Waals surface area contributed by atoms with E-state index < -0.39 is 0 Å². The van der Waals surface area contributed by atoms with Gasteiger partial charge in [-0.05, 0) is 73.8 Å². The average molecular weight is 447 g/mol. The van der Waals surface area contributed by atoms with Crippen molar-refractivity contribution in [3.63, 3.8) is 0 Å². The van der Waals surface area contributed by atoms with Gasteiger partial charge in [0.1, 0.15) is 0 Å². The van der Waals surface area contributed by atoms with E-state index in [2.05, 4.69) is 38.7 Å². The van der Waals surface area contributed by atoms with Gasteiger partial charge >= 0.3 is 0 Å².